The zero-order chi connectivity index (χ0) is 18.6. The standard InChI is InChI=1S/C19H24N2O3S/c1-14-7-5-6-8-18(14)20-19(22)13-21(3)15(2)16-9-11-17(12-10-16)25(4,23)24/h5-12,15H,13H2,1-4H3,(H,20,22)/t15-/m1/s1. The van der Waals surface area contributed by atoms with Crippen LogP contribution >= 0.6 is 0 Å². The van der Waals surface area contributed by atoms with Crippen molar-refractivity contribution < 1.29 is 13.2 Å². The molecule has 1 N–H and O–H groups in total. The zero-order valence-electron chi connectivity index (χ0n) is 15.0. The maximum Gasteiger partial charge on any atom is 0.238 e. The molecule has 0 saturated heterocycles. The molecule has 0 heterocycles. The molecule has 2 aromatic rings. The summed E-state index contributed by atoms with van der Waals surface area (Å²) in [5.74, 6) is -0.0867. The predicted molar refractivity (Wildman–Crippen MR) is 100 cm³/mol. The molecular formula is C19H24N2O3S. The number of rotatable bonds is 6. The molecule has 0 unspecified atom stereocenters. The van der Waals surface area contributed by atoms with Crippen LogP contribution in [0.15, 0.2) is 53.4 Å². The molecule has 0 aromatic heterocycles. The first kappa shape index (κ1) is 19.1. The van der Waals surface area contributed by atoms with Crippen LogP contribution in [0.2, 0.25) is 0 Å². The Kier molecular flexibility index (Phi) is 5.98. The maximum atomic E-state index is 12.3. The van der Waals surface area contributed by atoms with E-state index in [1.165, 1.54) is 6.26 Å². The number of carbonyl (C=O) groups excluding carboxylic acids is 1. The fourth-order valence-corrected chi connectivity index (χ4v) is 3.14. The minimum absolute atomic E-state index is 0.0174. The Bertz CT molecular complexity index is 845. The maximum absolute atomic E-state index is 12.3. The first-order chi connectivity index (χ1) is 11.7. The number of carbonyl (C=O) groups is 1. The summed E-state index contributed by atoms with van der Waals surface area (Å²) in [5, 5.41) is 2.92. The summed E-state index contributed by atoms with van der Waals surface area (Å²) in [6.45, 7) is 4.17. The molecule has 25 heavy (non-hydrogen) atoms. The van der Waals surface area contributed by atoms with Gasteiger partial charge in [0, 0.05) is 18.0 Å². The second-order valence-corrected chi connectivity index (χ2v) is 8.31. The van der Waals surface area contributed by atoms with Crippen molar-refractivity contribution in [2.75, 3.05) is 25.2 Å². The van der Waals surface area contributed by atoms with Crippen molar-refractivity contribution in [3.8, 4) is 0 Å². The highest BCUT2D eigenvalue weighted by Crippen LogP contribution is 2.21. The van der Waals surface area contributed by atoms with Crippen LogP contribution < -0.4 is 5.32 Å². The third-order valence-corrected chi connectivity index (χ3v) is 5.39. The van der Waals surface area contributed by atoms with Gasteiger partial charge in [-0.1, -0.05) is 30.3 Å². The lowest BCUT2D eigenvalue weighted by molar-refractivity contribution is -0.117. The lowest BCUT2D eigenvalue weighted by atomic mass is 10.1. The molecule has 134 valence electrons. The number of hydrogen-bond donors (Lipinski definition) is 1. The molecule has 2 rings (SSSR count). The first-order valence-corrected chi connectivity index (χ1v) is 9.93. The van der Waals surface area contributed by atoms with Crippen molar-refractivity contribution in [2.24, 2.45) is 0 Å². The van der Waals surface area contributed by atoms with Crippen molar-refractivity contribution >= 4 is 21.4 Å². The van der Waals surface area contributed by atoms with Crippen LogP contribution in [0.5, 0.6) is 0 Å². The van der Waals surface area contributed by atoms with Crippen molar-refractivity contribution in [1.82, 2.24) is 4.90 Å². The first-order valence-electron chi connectivity index (χ1n) is 8.04. The van der Waals surface area contributed by atoms with Gasteiger partial charge in [0.05, 0.1) is 11.4 Å². The molecule has 0 saturated carbocycles. The summed E-state index contributed by atoms with van der Waals surface area (Å²) < 4.78 is 23.1. The molecule has 1 atom stereocenters. The SMILES string of the molecule is Cc1ccccc1NC(=O)CN(C)[C@H](C)c1ccc(S(C)(=O)=O)cc1. The molecule has 0 aliphatic heterocycles. The summed E-state index contributed by atoms with van der Waals surface area (Å²) in [7, 11) is -1.33. The van der Waals surface area contributed by atoms with E-state index in [1.807, 2.05) is 50.1 Å². The second kappa shape index (κ2) is 7.80. The number of likely N-dealkylation sites (N-methyl/N-ethyl adjacent to an activating group) is 1. The van der Waals surface area contributed by atoms with E-state index in [0.717, 1.165) is 16.8 Å². The Balaban J connectivity index is 2.01. The summed E-state index contributed by atoms with van der Waals surface area (Å²) in [5.41, 5.74) is 2.78. The highest BCUT2D eigenvalue weighted by Gasteiger charge is 2.16. The Morgan fingerprint density at radius 2 is 1.72 bits per heavy atom. The molecular weight excluding hydrogens is 336 g/mol. The minimum atomic E-state index is -3.20. The van der Waals surface area contributed by atoms with Crippen LogP contribution in [0.25, 0.3) is 0 Å². The zero-order valence-corrected chi connectivity index (χ0v) is 15.8. The van der Waals surface area contributed by atoms with Gasteiger partial charge in [-0.3, -0.25) is 9.69 Å². The van der Waals surface area contributed by atoms with E-state index in [4.69, 9.17) is 0 Å². The Labute approximate surface area is 149 Å². The molecule has 0 fully saturated rings. The van der Waals surface area contributed by atoms with Crippen LogP contribution in [0.1, 0.15) is 24.1 Å². The van der Waals surface area contributed by atoms with Gasteiger partial charge in [0.25, 0.3) is 0 Å². The Morgan fingerprint density at radius 1 is 1.12 bits per heavy atom. The number of hydrogen-bond acceptors (Lipinski definition) is 4. The lowest BCUT2D eigenvalue weighted by Crippen LogP contribution is -2.32. The van der Waals surface area contributed by atoms with Gasteiger partial charge in [-0.2, -0.15) is 0 Å². The van der Waals surface area contributed by atoms with Gasteiger partial charge in [-0.05, 0) is 50.2 Å². The smallest absolute Gasteiger partial charge is 0.238 e. The summed E-state index contributed by atoms with van der Waals surface area (Å²) in [6.07, 6.45) is 1.19. The van der Waals surface area contributed by atoms with Gasteiger partial charge in [0.15, 0.2) is 9.84 Å². The van der Waals surface area contributed by atoms with Crippen molar-refractivity contribution in [3.05, 3.63) is 59.7 Å². The van der Waals surface area contributed by atoms with Gasteiger partial charge < -0.3 is 5.32 Å². The summed E-state index contributed by atoms with van der Waals surface area (Å²) in [6, 6.07) is 14.4. The molecule has 0 aliphatic carbocycles. The molecule has 0 radical (unpaired) electrons. The van der Waals surface area contributed by atoms with Gasteiger partial charge >= 0.3 is 0 Å². The largest absolute Gasteiger partial charge is 0.325 e. The van der Waals surface area contributed by atoms with E-state index in [2.05, 4.69) is 5.32 Å². The second-order valence-electron chi connectivity index (χ2n) is 6.30. The molecule has 0 aliphatic rings. The number of sulfone groups is 1. The van der Waals surface area contributed by atoms with E-state index in [1.54, 1.807) is 24.3 Å². The van der Waals surface area contributed by atoms with Crippen LogP contribution in [0.4, 0.5) is 5.69 Å². The third-order valence-electron chi connectivity index (χ3n) is 4.26. The highest BCUT2D eigenvalue weighted by atomic mass is 32.2. The number of benzene rings is 2. The Morgan fingerprint density at radius 3 is 2.28 bits per heavy atom. The lowest BCUT2D eigenvalue weighted by Gasteiger charge is -2.24. The number of amides is 1. The normalized spacial score (nSPS) is 12.8. The van der Waals surface area contributed by atoms with E-state index in [0.29, 0.717) is 4.90 Å². The van der Waals surface area contributed by atoms with E-state index < -0.39 is 9.84 Å². The molecule has 5 nitrogen and oxygen atoms in total. The fourth-order valence-electron chi connectivity index (χ4n) is 2.51. The number of aryl methyl sites for hydroxylation is 1. The number of nitrogens with one attached hydrogen (secondary N) is 1. The van der Waals surface area contributed by atoms with E-state index in [-0.39, 0.29) is 18.5 Å². The predicted octanol–water partition coefficient (Wildman–Crippen LogP) is 3.03. The van der Waals surface area contributed by atoms with Crippen LogP contribution in [-0.2, 0) is 14.6 Å². The van der Waals surface area contributed by atoms with Crippen molar-refractivity contribution in [1.29, 1.82) is 0 Å². The van der Waals surface area contributed by atoms with E-state index in [9.17, 15) is 13.2 Å². The van der Waals surface area contributed by atoms with Gasteiger partial charge in [-0.25, -0.2) is 8.42 Å². The topological polar surface area (TPSA) is 66.5 Å². The minimum Gasteiger partial charge on any atom is -0.325 e. The number of anilines is 1. The van der Waals surface area contributed by atoms with Crippen LogP contribution in [0.3, 0.4) is 0 Å². The average molecular weight is 360 g/mol. The summed E-state index contributed by atoms with van der Waals surface area (Å²) in [4.78, 5) is 14.5. The van der Waals surface area contributed by atoms with Crippen LogP contribution in [0, 0.1) is 6.92 Å². The van der Waals surface area contributed by atoms with Crippen molar-refractivity contribution in [2.45, 2.75) is 24.8 Å². The van der Waals surface area contributed by atoms with Gasteiger partial charge in [-0.15, -0.1) is 0 Å². The number of para-hydroxylation sites is 1. The Hall–Kier alpha value is -2.18. The quantitative estimate of drug-likeness (QED) is 0.860. The molecule has 0 bridgehead atoms. The molecule has 2 aromatic carbocycles. The molecule has 1 amide bonds. The fraction of sp³-hybridized carbons (Fsp3) is 0.316. The average Bonchev–Trinajstić information content (AvgIpc) is 2.55. The van der Waals surface area contributed by atoms with Gasteiger partial charge in [0.1, 0.15) is 0 Å². The summed E-state index contributed by atoms with van der Waals surface area (Å²) >= 11 is 0. The van der Waals surface area contributed by atoms with E-state index >= 15 is 0 Å². The molecule has 0 spiro atoms. The number of nitrogens with zero attached hydrogens (tertiary/aromatic N) is 1. The monoisotopic (exact) mass is 360 g/mol. The van der Waals surface area contributed by atoms with Gasteiger partial charge in [0.2, 0.25) is 5.91 Å². The van der Waals surface area contributed by atoms with Crippen molar-refractivity contribution in [3.63, 3.8) is 0 Å². The van der Waals surface area contributed by atoms with Crippen LogP contribution in [-0.4, -0.2) is 39.1 Å². The highest BCUT2D eigenvalue weighted by molar-refractivity contribution is 7.90. The third kappa shape index (κ3) is 5.14. The molecule has 6 heteroatoms.